The van der Waals surface area contributed by atoms with Gasteiger partial charge in [-0.2, -0.15) is 0 Å². The van der Waals surface area contributed by atoms with E-state index in [9.17, 15) is 4.79 Å². The van der Waals surface area contributed by atoms with Gasteiger partial charge < -0.3 is 4.74 Å². The third-order valence-electron chi connectivity index (χ3n) is 1.89. The Hall–Kier alpha value is -1.83. The molecule has 1 aromatic carbocycles. The summed E-state index contributed by atoms with van der Waals surface area (Å²) in [4.78, 5) is 10.7. The number of benzene rings is 1. The predicted molar refractivity (Wildman–Crippen MR) is 61.0 cm³/mol. The van der Waals surface area contributed by atoms with E-state index < -0.39 is 0 Å². The smallest absolute Gasteiger partial charge is 0.308 e. The minimum atomic E-state index is -0.346. The summed E-state index contributed by atoms with van der Waals surface area (Å²) >= 11 is 0. The zero-order valence-corrected chi connectivity index (χ0v) is 8.99. The first-order valence-electron chi connectivity index (χ1n) is 4.70. The number of carbonyl (C=O) groups is 1. The van der Waals surface area contributed by atoms with Crippen LogP contribution in [0.1, 0.15) is 19.4 Å². The first-order chi connectivity index (χ1) is 7.09. The number of ether oxygens (including phenoxy) is 1. The molecule has 2 nitrogen and oxygen atoms in total. The highest BCUT2D eigenvalue weighted by Gasteiger charge is 2.01. The van der Waals surface area contributed by atoms with Crippen LogP contribution in [0.3, 0.4) is 0 Å². The first kappa shape index (κ1) is 11.2. The molecule has 0 bridgehead atoms. The van der Waals surface area contributed by atoms with Crippen molar-refractivity contribution in [2.45, 2.75) is 13.8 Å². The quantitative estimate of drug-likeness (QED) is 0.427. The fourth-order valence-electron chi connectivity index (χ4n) is 1.13. The Morgan fingerprint density at radius 1 is 1.27 bits per heavy atom. The van der Waals surface area contributed by atoms with Gasteiger partial charge in [-0.1, -0.05) is 36.9 Å². The van der Waals surface area contributed by atoms with E-state index in [0.717, 1.165) is 11.1 Å². The molecule has 1 rings (SSSR count). The second kappa shape index (κ2) is 5.15. The lowest BCUT2D eigenvalue weighted by Gasteiger charge is -2.05. The zero-order chi connectivity index (χ0) is 11.3. The number of carbonyl (C=O) groups excluding carboxylic acids is 1. The maximum atomic E-state index is 10.7. The van der Waals surface area contributed by atoms with E-state index in [1.807, 2.05) is 43.3 Å². The molecule has 0 atom stereocenters. The zero-order valence-electron chi connectivity index (χ0n) is 8.99. The van der Waals surface area contributed by atoms with Crippen molar-refractivity contribution in [1.82, 2.24) is 0 Å². The third-order valence-corrected chi connectivity index (χ3v) is 1.89. The second-order valence-corrected chi connectivity index (χ2v) is 3.25. The molecule has 0 unspecified atom stereocenters. The molecule has 0 aliphatic heterocycles. The van der Waals surface area contributed by atoms with Crippen LogP contribution < -0.4 is 0 Å². The number of hydrogen-bond donors (Lipinski definition) is 0. The van der Waals surface area contributed by atoms with Crippen LogP contribution in [0.5, 0.6) is 0 Å². The van der Waals surface area contributed by atoms with Gasteiger partial charge in [0.05, 0.1) is 0 Å². The number of allylic oxidation sites excluding steroid dienone is 1. The van der Waals surface area contributed by atoms with Gasteiger partial charge in [0, 0.05) is 6.92 Å². The highest BCUT2D eigenvalue weighted by Crippen LogP contribution is 2.13. The van der Waals surface area contributed by atoms with Crippen LogP contribution in [0.4, 0.5) is 0 Å². The number of rotatable bonds is 3. The van der Waals surface area contributed by atoms with Crippen LogP contribution in [0.2, 0.25) is 0 Å². The van der Waals surface area contributed by atoms with Crippen LogP contribution in [0, 0.1) is 0 Å². The van der Waals surface area contributed by atoms with Gasteiger partial charge >= 0.3 is 5.97 Å². The minimum Gasteiger partial charge on any atom is -0.427 e. The van der Waals surface area contributed by atoms with Gasteiger partial charge in [-0.3, -0.25) is 4.79 Å². The Bertz CT molecular complexity index is 388. The van der Waals surface area contributed by atoms with Gasteiger partial charge in [-0.25, -0.2) is 0 Å². The van der Waals surface area contributed by atoms with Crippen molar-refractivity contribution >= 4 is 12.0 Å². The van der Waals surface area contributed by atoms with Crippen molar-refractivity contribution < 1.29 is 9.53 Å². The van der Waals surface area contributed by atoms with E-state index >= 15 is 0 Å². The van der Waals surface area contributed by atoms with Gasteiger partial charge in [0.1, 0.15) is 5.76 Å². The minimum absolute atomic E-state index is 0.346. The average molecular weight is 202 g/mol. The predicted octanol–water partition coefficient (Wildman–Crippen LogP) is 3.17. The normalized spacial score (nSPS) is 10.9. The molecule has 0 radical (unpaired) electrons. The van der Waals surface area contributed by atoms with Crippen molar-refractivity contribution in [3.8, 4) is 0 Å². The van der Waals surface area contributed by atoms with Gasteiger partial charge in [0.15, 0.2) is 0 Å². The van der Waals surface area contributed by atoms with E-state index in [0.29, 0.717) is 5.76 Å². The molecule has 0 spiro atoms. The standard InChI is InChI=1S/C13H14O2/c1-10(11(2)15-12(3)14)9-13-7-5-4-6-8-13/h4-9H,2H2,1,3H3/b10-9+. The van der Waals surface area contributed by atoms with E-state index in [1.54, 1.807) is 0 Å². The molecule has 0 aliphatic rings. The lowest BCUT2D eigenvalue weighted by Crippen LogP contribution is -1.98. The Balaban J connectivity index is 2.76. The molecular formula is C13H14O2. The summed E-state index contributed by atoms with van der Waals surface area (Å²) in [6.07, 6.45) is 1.92. The lowest BCUT2D eigenvalue weighted by molar-refractivity contribution is -0.136. The molecule has 0 N–H and O–H groups in total. The molecule has 2 heteroatoms. The Kier molecular flexibility index (Phi) is 3.86. The summed E-state index contributed by atoms with van der Waals surface area (Å²) in [5.74, 6) is 0.0483. The molecule has 1 aromatic rings. The third kappa shape index (κ3) is 3.81. The SMILES string of the molecule is C=C(OC(C)=O)/C(C)=C/c1ccccc1. The average Bonchev–Trinajstić information content (AvgIpc) is 2.18. The molecule has 0 amide bonds. The highest BCUT2D eigenvalue weighted by atomic mass is 16.5. The topological polar surface area (TPSA) is 26.3 Å². The van der Waals surface area contributed by atoms with Gasteiger partial charge in [-0.05, 0) is 24.1 Å². The van der Waals surface area contributed by atoms with Gasteiger partial charge in [0.2, 0.25) is 0 Å². The Morgan fingerprint density at radius 3 is 2.40 bits per heavy atom. The van der Waals surface area contributed by atoms with Crippen LogP contribution >= 0.6 is 0 Å². The Morgan fingerprint density at radius 2 is 1.87 bits per heavy atom. The summed E-state index contributed by atoms with van der Waals surface area (Å²) in [7, 11) is 0. The number of esters is 1. The van der Waals surface area contributed by atoms with Crippen molar-refractivity contribution in [2.24, 2.45) is 0 Å². The van der Waals surface area contributed by atoms with Crippen molar-refractivity contribution in [3.05, 3.63) is 53.8 Å². The first-order valence-corrected chi connectivity index (χ1v) is 4.70. The van der Waals surface area contributed by atoms with E-state index in [1.165, 1.54) is 6.92 Å². The summed E-state index contributed by atoms with van der Waals surface area (Å²) < 4.78 is 4.88. The fourth-order valence-corrected chi connectivity index (χ4v) is 1.13. The lowest BCUT2D eigenvalue weighted by atomic mass is 10.1. The van der Waals surface area contributed by atoms with Gasteiger partial charge in [-0.15, -0.1) is 0 Å². The molecule has 0 heterocycles. The van der Waals surface area contributed by atoms with E-state index in [4.69, 9.17) is 4.74 Å². The largest absolute Gasteiger partial charge is 0.427 e. The molecular weight excluding hydrogens is 188 g/mol. The molecule has 0 fully saturated rings. The summed E-state index contributed by atoms with van der Waals surface area (Å²) in [6.45, 7) is 6.90. The Labute approximate surface area is 89.9 Å². The molecule has 0 saturated heterocycles. The summed E-state index contributed by atoms with van der Waals surface area (Å²) in [5.41, 5.74) is 1.90. The molecule has 0 aliphatic carbocycles. The van der Waals surface area contributed by atoms with Crippen LogP contribution in [0.25, 0.3) is 6.08 Å². The molecule has 78 valence electrons. The fraction of sp³-hybridized carbons (Fsp3) is 0.154. The summed E-state index contributed by atoms with van der Waals surface area (Å²) in [6, 6.07) is 9.81. The van der Waals surface area contributed by atoms with Crippen LogP contribution in [0.15, 0.2) is 48.2 Å². The molecule has 0 aromatic heterocycles. The van der Waals surface area contributed by atoms with Crippen molar-refractivity contribution in [1.29, 1.82) is 0 Å². The maximum Gasteiger partial charge on any atom is 0.308 e. The molecule has 15 heavy (non-hydrogen) atoms. The monoisotopic (exact) mass is 202 g/mol. The van der Waals surface area contributed by atoms with Crippen LogP contribution in [-0.2, 0) is 9.53 Å². The van der Waals surface area contributed by atoms with Crippen molar-refractivity contribution in [2.75, 3.05) is 0 Å². The van der Waals surface area contributed by atoms with Gasteiger partial charge in [0.25, 0.3) is 0 Å². The van der Waals surface area contributed by atoms with Crippen molar-refractivity contribution in [3.63, 3.8) is 0 Å². The molecule has 0 saturated carbocycles. The number of hydrogen-bond acceptors (Lipinski definition) is 2. The van der Waals surface area contributed by atoms with E-state index in [-0.39, 0.29) is 5.97 Å². The highest BCUT2D eigenvalue weighted by molar-refractivity contribution is 5.69. The van der Waals surface area contributed by atoms with Crippen LogP contribution in [-0.4, -0.2) is 5.97 Å². The maximum absolute atomic E-state index is 10.7. The summed E-state index contributed by atoms with van der Waals surface area (Å²) in [5, 5.41) is 0. The second-order valence-electron chi connectivity index (χ2n) is 3.25. The van der Waals surface area contributed by atoms with E-state index in [2.05, 4.69) is 6.58 Å².